The Morgan fingerprint density at radius 2 is 2.07 bits per heavy atom. The number of para-hydroxylation sites is 1. The van der Waals surface area contributed by atoms with Crippen molar-refractivity contribution in [2.24, 2.45) is 11.8 Å². The highest BCUT2D eigenvalue weighted by Gasteiger charge is 2.75. The number of rotatable bonds is 15. The highest BCUT2D eigenvalue weighted by molar-refractivity contribution is 6.34. The summed E-state index contributed by atoms with van der Waals surface area (Å²) in [5, 5.41) is 12.6. The molecule has 11 heteroatoms. The van der Waals surface area contributed by atoms with Crippen LogP contribution in [0.15, 0.2) is 43.5 Å². The van der Waals surface area contributed by atoms with Gasteiger partial charge in [-0.2, -0.15) is 0 Å². The molecule has 3 fully saturated rings. The number of ether oxygens (including phenoxy) is 2. The monoisotopic (exact) mass is 615 g/mol. The van der Waals surface area contributed by atoms with Crippen molar-refractivity contribution in [3.8, 4) is 0 Å². The summed E-state index contributed by atoms with van der Waals surface area (Å²) in [6, 6.07) is 4.37. The summed E-state index contributed by atoms with van der Waals surface area (Å²) < 4.78 is 12.2. The van der Waals surface area contributed by atoms with E-state index in [0.29, 0.717) is 49.2 Å². The molecule has 1 aromatic rings. The Morgan fingerprint density at radius 1 is 1.30 bits per heavy atom. The van der Waals surface area contributed by atoms with Gasteiger partial charge in [-0.1, -0.05) is 35.9 Å². The number of hydrogen-bond donors (Lipinski definition) is 2. The van der Waals surface area contributed by atoms with E-state index in [9.17, 15) is 24.3 Å². The summed E-state index contributed by atoms with van der Waals surface area (Å²) in [6.07, 6.45) is 4.76. The molecule has 3 saturated heterocycles. The topological polar surface area (TPSA) is 125 Å². The molecular formula is C32H42ClN3O7. The van der Waals surface area contributed by atoms with Crippen molar-refractivity contribution < 1.29 is 33.8 Å². The van der Waals surface area contributed by atoms with Crippen molar-refractivity contribution in [2.45, 2.75) is 76.2 Å². The van der Waals surface area contributed by atoms with Gasteiger partial charge >= 0.3 is 5.97 Å². The van der Waals surface area contributed by atoms with Gasteiger partial charge in [-0.15, -0.1) is 13.2 Å². The van der Waals surface area contributed by atoms with Crippen LogP contribution in [0.2, 0.25) is 5.02 Å². The number of unbranched alkanes of at least 4 members (excludes halogenated alkanes) is 1. The summed E-state index contributed by atoms with van der Waals surface area (Å²) in [7, 11) is 0. The Balaban J connectivity index is 1.62. The maximum absolute atomic E-state index is 14.6. The van der Waals surface area contributed by atoms with Crippen molar-refractivity contribution in [1.29, 1.82) is 0 Å². The van der Waals surface area contributed by atoms with Crippen LogP contribution in [0.3, 0.4) is 0 Å². The van der Waals surface area contributed by atoms with Gasteiger partial charge in [0, 0.05) is 26.1 Å². The van der Waals surface area contributed by atoms with Gasteiger partial charge in [0.25, 0.3) is 5.91 Å². The molecule has 2 bridgehead atoms. The number of aliphatic hydroxyl groups excluding tert-OH is 1. The quantitative estimate of drug-likeness (QED) is 0.176. The predicted octanol–water partition coefficient (Wildman–Crippen LogP) is 3.33. The first-order valence-electron chi connectivity index (χ1n) is 15.0. The van der Waals surface area contributed by atoms with E-state index in [1.165, 1.54) is 9.80 Å². The third-order valence-corrected chi connectivity index (χ3v) is 8.93. The van der Waals surface area contributed by atoms with E-state index in [1.807, 2.05) is 13.0 Å². The molecule has 3 heterocycles. The van der Waals surface area contributed by atoms with Gasteiger partial charge in [-0.3, -0.25) is 19.2 Å². The lowest BCUT2D eigenvalue weighted by atomic mass is 9.70. The van der Waals surface area contributed by atoms with E-state index in [1.54, 1.807) is 31.2 Å². The number of halogens is 1. The Morgan fingerprint density at radius 3 is 2.74 bits per heavy atom. The van der Waals surface area contributed by atoms with Crippen LogP contribution in [0.1, 0.15) is 51.0 Å². The lowest BCUT2D eigenvalue weighted by Gasteiger charge is -2.37. The number of aliphatic hydroxyl groups is 1. The molecule has 0 radical (unpaired) electrons. The lowest BCUT2D eigenvalue weighted by Crippen LogP contribution is -2.56. The first kappa shape index (κ1) is 32.7. The summed E-state index contributed by atoms with van der Waals surface area (Å²) in [5.74, 6) is -3.22. The van der Waals surface area contributed by atoms with E-state index in [4.69, 9.17) is 21.1 Å². The summed E-state index contributed by atoms with van der Waals surface area (Å²) in [5.41, 5.74) is 0.110. The van der Waals surface area contributed by atoms with Gasteiger partial charge in [-0.25, -0.2) is 0 Å². The number of hydrogen-bond acceptors (Lipinski definition) is 7. The van der Waals surface area contributed by atoms with Gasteiger partial charge < -0.3 is 29.7 Å². The standard InChI is InChI=1S/C32H42ClN3O7/c1-5-7-13-24(38)34-19-21(4)42-31(41)25-23-14-15-32(43-23)26(25)29(39)36(17-8-9-18-37)28(32)30(40)35(16-6-2)27-20(3)11-10-12-22(27)33/h5-6,10-12,21,23,25-26,28,37H,1-2,7-9,13-19H2,3-4H3,(H,34,38)/t21-,23-,25+,26+,28-,32+/m1/s1. The second-order valence-electron chi connectivity index (χ2n) is 11.5. The molecule has 0 aromatic heterocycles. The third-order valence-electron chi connectivity index (χ3n) is 8.63. The third kappa shape index (κ3) is 6.37. The van der Waals surface area contributed by atoms with Crippen LogP contribution in [0.25, 0.3) is 0 Å². The molecule has 3 aliphatic rings. The highest BCUT2D eigenvalue weighted by Crippen LogP contribution is 2.59. The Kier molecular flexibility index (Phi) is 10.7. The van der Waals surface area contributed by atoms with Crippen LogP contribution < -0.4 is 10.2 Å². The molecule has 1 aromatic carbocycles. The Hall–Kier alpha value is -3.21. The van der Waals surface area contributed by atoms with Crippen LogP contribution >= 0.6 is 11.6 Å². The van der Waals surface area contributed by atoms with Gasteiger partial charge in [0.15, 0.2) is 0 Å². The Bertz CT molecular complexity index is 1240. The van der Waals surface area contributed by atoms with E-state index < -0.39 is 41.7 Å². The van der Waals surface area contributed by atoms with E-state index in [-0.39, 0.29) is 44.0 Å². The maximum atomic E-state index is 14.6. The normalized spacial score (nSPS) is 26.1. The molecule has 234 valence electrons. The number of aryl methyl sites for hydroxylation is 1. The second-order valence-corrected chi connectivity index (χ2v) is 11.9. The molecule has 3 amide bonds. The highest BCUT2D eigenvalue weighted by atomic mass is 35.5. The second kappa shape index (κ2) is 14.1. The number of benzene rings is 1. The van der Waals surface area contributed by atoms with Gasteiger partial charge in [-0.05, 0) is 57.6 Å². The zero-order chi connectivity index (χ0) is 31.3. The number of carbonyl (C=O) groups excluding carboxylic acids is 4. The van der Waals surface area contributed by atoms with Gasteiger partial charge in [0.1, 0.15) is 17.7 Å². The predicted molar refractivity (Wildman–Crippen MR) is 162 cm³/mol. The molecule has 43 heavy (non-hydrogen) atoms. The number of fused-ring (bicyclic) bond motifs is 1. The number of nitrogens with one attached hydrogen (secondary N) is 1. The van der Waals surface area contributed by atoms with Crippen molar-refractivity contribution >= 4 is 41.0 Å². The van der Waals surface area contributed by atoms with E-state index in [2.05, 4.69) is 18.5 Å². The number of anilines is 1. The van der Waals surface area contributed by atoms with E-state index >= 15 is 0 Å². The number of amides is 3. The first-order chi connectivity index (χ1) is 20.6. The smallest absolute Gasteiger partial charge is 0.312 e. The number of likely N-dealkylation sites (tertiary alicyclic amines) is 1. The zero-order valence-electron chi connectivity index (χ0n) is 24.9. The molecule has 0 aliphatic carbocycles. The number of allylic oxidation sites excluding steroid dienone is 1. The molecule has 0 unspecified atom stereocenters. The molecule has 3 aliphatic heterocycles. The fourth-order valence-electron chi connectivity index (χ4n) is 6.77. The average molecular weight is 616 g/mol. The van der Waals surface area contributed by atoms with Crippen LogP contribution in [0.4, 0.5) is 5.69 Å². The minimum Gasteiger partial charge on any atom is -0.460 e. The SMILES string of the molecule is C=CCCC(=O)NC[C@@H](C)OC(=O)[C@@H]1[C@H]2C(=O)N(CCCCO)[C@H](C(=O)N(CC=C)c3c(C)cccc3Cl)[C@]23CC[C@H]1O3. The first-order valence-corrected chi connectivity index (χ1v) is 15.3. The van der Waals surface area contributed by atoms with Gasteiger partial charge in [0.05, 0.1) is 35.2 Å². The number of esters is 1. The summed E-state index contributed by atoms with van der Waals surface area (Å²) >= 11 is 6.59. The average Bonchev–Trinajstić information content (AvgIpc) is 3.61. The zero-order valence-corrected chi connectivity index (χ0v) is 25.7. The molecule has 4 rings (SSSR count). The largest absolute Gasteiger partial charge is 0.460 e. The molecule has 6 atom stereocenters. The summed E-state index contributed by atoms with van der Waals surface area (Å²) in [4.78, 5) is 57.4. The molecular weight excluding hydrogens is 574 g/mol. The van der Waals surface area contributed by atoms with Crippen molar-refractivity contribution in [3.05, 3.63) is 54.1 Å². The van der Waals surface area contributed by atoms with Crippen molar-refractivity contribution in [1.82, 2.24) is 10.2 Å². The molecule has 1 spiro atoms. The molecule has 2 N–H and O–H groups in total. The van der Waals surface area contributed by atoms with Gasteiger partial charge in [0.2, 0.25) is 11.8 Å². The Labute approximate surface area is 258 Å². The summed E-state index contributed by atoms with van der Waals surface area (Å²) in [6.45, 7) is 11.4. The van der Waals surface area contributed by atoms with E-state index in [0.717, 1.165) is 5.56 Å². The van der Waals surface area contributed by atoms with Crippen molar-refractivity contribution in [3.63, 3.8) is 0 Å². The minimum atomic E-state index is -1.21. The van der Waals surface area contributed by atoms with Crippen LogP contribution in [0.5, 0.6) is 0 Å². The van der Waals surface area contributed by atoms with Crippen molar-refractivity contribution in [2.75, 3.05) is 31.1 Å². The fraction of sp³-hybridized carbons (Fsp3) is 0.562. The molecule has 0 saturated carbocycles. The van der Waals surface area contributed by atoms with Crippen LogP contribution in [-0.4, -0.2) is 83.8 Å². The number of carbonyl (C=O) groups is 4. The van der Waals surface area contributed by atoms with Crippen LogP contribution in [0, 0.1) is 18.8 Å². The fourth-order valence-corrected chi connectivity index (χ4v) is 7.09. The minimum absolute atomic E-state index is 0.0494. The maximum Gasteiger partial charge on any atom is 0.312 e. The lowest BCUT2D eigenvalue weighted by molar-refractivity contribution is -0.159. The molecule has 10 nitrogen and oxygen atoms in total. The van der Waals surface area contributed by atoms with Crippen LogP contribution in [-0.2, 0) is 28.7 Å². The number of nitrogens with zero attached hydrogens (tertiary/aromatic N) is 2.